The van der Waals surface area contributed by atoms with Crippen LogP contribution in [0.1, 0.15) is 5.56 Å². The molecular formula is C25H20N4. The fourth-order valence-electron chi connectivity index (χ4n) is 3.57. The van der Waals surface area contributed by atoms with Gasteiger partial charge in [-0.3, -0.25) is 5.10 Å². The molecule has 5 rings (SSSR count). The van der Waals surface area contributed by atoms with Crippen LogP contribution in [-0.2, 0) is 0 Å². The van der Waals surface area contributed by atoms with E-state index in [1.807, 2.05) is 36.4 Å². The lowest BCUT2D eigenvalue weighted by molar-refractivity contribution is 1.11. The maximum Gasteiger partial charge on any atom is 0.161 e. The number of para-hydroxylation sites is 1. The van der Waals surface area contributed by atoms with E-state index < -0.39 is 0 Å². The maximum absolute atomic E-state index is 4.91. The number of aromatic nitrogens is 3. The van der Waals surface area contributed by atoms with Gasteiger partial charge in [0.15, 0.2) is 5.82 Å². The van der Waals surface area contributed by atoms with Crippen molar-refractivity contribution in [3.63, 3.8) is 0 Å². The maximum atomic E-state index is 4.91. The predicted molar refractivity (Wildman–Crippen MR) is 119 cm³/mol. The van der Waals surface area contributed by atoms with Crippen molar-refractivity contribution in [1.29, 1.82) is 0 Å². The van der Waals surface area contributed by atoms with E-state index in [2.05, 4.69) is 77.0 Å². The number of fused-ring (bicyclic) bond motifs is 1. The van der Waals surface area contributed by atoms with Gasteiger partial charge in [-0.2, -0.15) is 5.10 Å². The van der Waals surface area contributed by atoms with Crippen LogP contribution in [0.5, 0.6) is 0 Å². The molecule has 3 aromatic carbocycles. The number of hydrogen-bond donors (Lipinski definition) is 2. The summed E-state index contributed by atoms with van der Waals surface area (Å²) in [6.45, 7) is 2.11. The largest absolute Gasteiger partial charge is 0.323 e. The molecule has 0 aliphatic carbocycles. The second-order valence-electron chi connectivity index (χ2n) is 7.05. The average Bonchev–Trinajstić information content (AvgIpc) is 3.17. The lowest BCUT2D eigenvalue weighted by Gasteiger charge is -2.12. The number of anilines is 2. The average molecular weight is 376 g/mol. The highest BCUT2D eigenvalue weighted by atomic mass is 15.2. The van der Waals surface area contributed by atoms with E-state index in [9.17, 15) is 0 Å². The van der Waals surface area contributed by atoms with Crippen LogP contribution in [0.2, 0.25) is 0 Å². The Morgan fingerprint density at radius 2 is 1.52 bits per heavy atom. The molecule has 0 aliphatic rings. The standard InChI is InChI=1S/C25H20N4/c1-17-9-5-6-12-20(17)23-15-19(18-10-3-2-4-11-18)16-24(26-23)27-25-21-13-7-8-14-22(21)28-29-25/h2-16H,1H3,(H2,26,27,28,29). The van der Waals surface area contributed by atoms with E-state index in [-0.39, 0.29) is 0 Å². The Bertz CT molecular complexity index is 1290. The Labute approximate surface area is 169 Å². The molecule has 5 aromatic rings. The smallest absolute Gasteiger partial charge is 0.161 e. The Kier molecular flexibility index (Phi) is 4.30. The zero-order chi connectivity index (χ0) is 19.6. The van der Waals surface area contributed by atoms with Crippen molar-refractivity contribution in [2.75, 3.05) is 5.32 Å². The first-order valence-electron chi connectivity index (χ1n) is 9.61. The molecule has 2 heterocycles. The van der Waals surface area contributed by atoms with Gasteiger partial charge in [0.1, 0.15) is 5.82 Å². The first kappa shape index (κ1) is 17.2. The van der Waals surface area contributed by atoms with Crippen LogP contribution in [0.15, 0.2) is 91.0 Å². The highest BCUT2D eigenvalue weighted by molar-refractivity contribution is 5.91. The van der Waals surface area contributed by atoms with Gasteiger partial charge in [0, 0.05) is 10.9 Å². The molecule has 0 aliphatic heterocycles. The fraction of sp³-hybridized carbons (Fsp3) is 0.0400. The Balaban J connectivity index is 1.64. The number of benzene rings is 3. The molecule has 2 N–H and O–H groups in total. The van der Waals surface area contributed by atoms with Gasteiger partial charge in [-0.25, -0.2) is 4.98 Å². The predicted octanol–water partition coefficient (Wildman–Crippen LogP) is 6.34. The number of nitrogens with zero attached hydrogens (tertiary/aromatic N) is 2. The van der Waals surface area contributed by atoms with E-state index in [1.165, 1.54) is 5.56 Å². The lowest BCUT2D eigenvalue weighted by Crippen LogP contribution is -1.98. The number of hydrogen-bond acceptors (Lipinski definition) is 3. The summed E-state index contributed by atoms with van der Waals surface area (Å²) in [5.41, 5.74) is 6.52. The van der Waals surface area contributed by atoms with E-state index in [0.29, 0.717) is 0 Å². The van der Waals surface area contributed by atoms with Gasteiger partial charge in [0.05, 0.1) is 11.2 Å². The quantitative estimate of drug-likeness (QED) is 0.384. The number of aromatic amines is 1. The van der Waals surface area contributed by atoms with Crippen LogP contribution >= 0.6 is 0 Å². The second-order valence-corrected chi connectivity index (χ2v) is 7.05. The van der Waals surface area contributed by atoms with Crippen molar-refractivity contribution in [3.8, 4) is 22.4 Å². The fourth-order valence-corrected chi connectivity index (χ4v) is 3.57. The molecule has 0 amide bonds. The van der Waals surface area contributed by atoms with Gasteiger partial charge >= 0.3 is 0 Å². The van der Waals surface area contributed by atoms with Gasteiger partial charge in [0.25, 0.3) is 0 Å². The lowest BCUT2D eigenvalue weighted by atomic mass is 10.0. The van der Waals surface area contributed by atoms with E-state index in [1.54, 1.807) is 0 Å². The van der Waals surface area contributed by atoms with Crippen molar-refractivity contribution in [3.05, 3.63) is 96.6 Å². The van der Waals surface area contributed by atoms with Crippen molar-refractivity contribution in [2.45, 2.75) is 6.92 Å². The topological polar surface area (TPSA) is 53.6 Å². The third-order valence-electron chi connectivity index (χ3n) is 5.07. The van der Waals surface area contributed by atoms with Crippen molar-refractivity contribution in [2.24, 2.45) is 0 Å². The summed E-state index contributed by atoms with van der Waals surface area (Å²) in [6, 6.07) is 31.0. The van der Waals surface area contributed by atoms with Crippen LogP contribution in [0.3, 0.4) is 0 Å². The van der Waals surface area contributed by atoms with Crippen molar-refractivity contribution < 1.29 is 0 Å². The third kappa shape index (κ3) is 3.36. The Morgan fingerprint density at radius 1 is 0.759 bits per heavy atom. The summed E-state index contributed by atoms with van der Waals surface area (Å²) >= 11 is 0. The first-order chi connectivity index (χ1) is 14.3. The molecule has 0 bridgehead atoms. The Morgan fingerprint density at radius 3 is 2.38 bits per heavy atom. The molecule has 140 valence electrons. The van der Waals surface area contributed by atoms with Gasteiger partial charge in [-0.15, -0.1) is 0 Å². The summed E-state index contributed by atoms with van der Waals surface area (Å²) in [4.78, 5) is 4.91. The molecule has 0 fully saturated rings. The summed E-state index contributed by atoms with van der Waals surface area (Å²) in [5.74, 6) is 1.54. The number of aryl methyl sites for hydroxylation is 1. The van der Waals surface area contributed by atoms with E-state index in [0.717, 1.165) is 44.9 Å². The molecule has 0 atom stereocenters. The monoisotopic (exact) mass is 376 g/mol. The van der Waals surface area contributed by atoms with E-state index in [4.69, 9.17) is 4.98 Å². The summed E-state index contributed by atoms with van der Waals surface area (Å²) in [5, 5.41) is 12.0. The molecule has 29 heavy (non-hydrogen) atoms. The van der Waals surface area contributed by atoms with Crippen molar-refractivity contribution in [1.82, 2.24) is 15.2 Å². The van der Waals surface area contributed by atoms with Crippen LogP contribution in [0, 0.1) is 6.92 Å². The third-order valence-corrected chi connectivity index (χ3v) is 5.07. The van der Waals surface area contributed by atoms with Crippen LogP contribution in [0.25, 0.3) is 33.3 Å². The van der Waals surface area contributed by atoms with Gasteiger partial charge in [-0.1, -0.05) is 66.7 Å². The summed E-state index contributed by atoms with van der Waals surface area (Å²) < 4.78 is 0. The summed E-state index contributed by atoms with van der Waals surface area (Å²) in [6.07, 6.45) is 0. The van der Waals surface area contributed by atoms with Crippen LogP contribution < -0.4 is 5.32 Å². The zero-order valence-corrected chi connectivity index (χ0v) is 16.1. The highest BCUT2D eigenvalue weighted by Gasteiger charge is 2.11. The first-order valence-corrected chi connectivity index (χ1v) is 9.61. The number of rotatable bonds is 4. The zero-order valence-electron chi connectivity index (χ0n) is 16.1. The molecular weight excluding hydrogens is 356 g/mol. The van der Waals surface area contributed by atoms with Crippen LogP contribution in [-0.4, -0.2) is 15.2 Å². The van der Waals surface area contributed by atoms with Gasteiger partial charge in [-0.05, 0) is 47.9 Å². The number of nitrogens with one attached hydrogen (secondary N) is 2. The minimum atomic E-state index is 0.766. The molecule has 2 aromatic heterocycles. The van der Waals surface area contributed by atoms with Crippen LogP contribution in [0.4, 0.5) is 11.6 Å². The number of pyridine rings is 1. The normalized spacial score (nSPS) is 10.9. The van der Waals surface area contributed by atoms with Gasteiger partial charge < -0.3 is 5.32 Å². The molecule has 0 spiro atoms. The Hall–Kier alpha value is -3.92. The summed E-state index contributed by atoms with van der Waals surface area (Å²) in [7, 11) is 0. The minimum Gasteiger partial charge on any atom is -0.323 e. The molecule has 0 unspecified atom stereocenters. The molecule has 4 nitrogen and oxygen atoms in total. The minimum absolute atomic E-state index is 0.766. The van der Waals surface area contributed by atoms with Crippen molar-refractivity contribution >= 4 is 22.5 Å². The highest BCUT2D eigenvalue weighted by Crippen LogP contribution is 2.31. The molecule has 0 saturated heterocycles. The molecule has 0 saturated carbocycles. The molecule has 0 radical (unpaired) electrons. The SMILES string of the molecule is Cc1ccccc1-c1cc(-c2ccccc2)cc(Nc2n[nH]c3ccccc23)n1. The number of H-pyrrole nitrogens is 1. The molecule has 4 heteroatoms. The van der Waals surface area contributed by atoms with E-state index >= 15 is 0 Å². The van der Waals surface area contributed by atoms with Gasteiger partial charge in [0.2, 0.25) is 0 Å². The second kappa shape index (κ2) is 7.24.